The number of carbonyl (C=O) groups excluding carboxylic acids is 1. The molecular weight excluding hydrogens is 817 g/mol. The Labute approximate surface area is 379 Å². The van der Waals surface area contributed by atoms with E-state index in [-0.39, 0.29) is 24.8 Å². The van der Waals surface area contributed by atoms with Gasteiger partial charge in [-0.1, -0.05) is 31.2 Å². The van der Waals surface area contributed by atoms with Crippen LogP contribution in [0.3, 0.4) is 0 Å². The SMILES string of the molecule is CC(=O)OCc1ccc(OC2CCCC3(C2)OOC2(O3)C3CC4CC(C3)CC2C4)cc1.CCc1ccc(OC2CCCC3(C2)OOC2(O3)C3CC4CC(C3)CC2C4)cc1.COCOC. The van der Waals surface area contributed by atoms with Crippen molar-refractivity contribution < 1.29 is 57.5 Å². The van der Waals surface area contributed by atoms with E-state index in [0.29, 0.717) is 36.9 Å². The van der Waals surface area contributed by atoms with Gasteiger partial charge in [-0.05, 0) is 155 Å². The van der Waals surface area contributed by atoms with Crippen LogP contribution in [-0.4, -0.2) is 62.3 Å². The number of esters is 1. The summed E-state index contributed by atoms with van der Waals surface area (Å²) in [4.78, 5) is 35.4. The molecule has 8 bridgehead atoms. The summed E-state index contributed by atoms with van der Waals surface area (Å²) < 4.78 is 40.3. The number of ether oxygens (including phenoxy) is 7. The van der Waals surface area contributed by atoms with Crippen molar-refractivity contribution in [3.8, 4) is 11.5 Å². The van der Waals surface area contributed by atoms with E-state index in [2.05, 4.69) is 40.7 Å². The Bertz CT molecular complexity index is 1830. The predicted octanol–water partition coefficient (Wildman–Crippen LogP) is 10.5. The highest BCUT2D eigenvalue weighted by Crippen LogP contribution is 2.65. The molecule has 352 valence electrons. The molecule has 10 aliphatic carbocycles. The topological polar surface area (TPSA) is 119 Å². The minimum absolute atomic E-state index is 0.0312. The Morgan fingerprint density at radius 2 is 0.984 bits per heavy atom. The van der Waals surface area contributed by atoms with Crippen molar-refractivity contribution in [2.75, 3.05) is 21.0 Å². The van der Waals surface area contributed by atoms with Gasteiger partial charge >= 0.3 is 5.97 Å². The van der Waals surface area contributed by atoms with Crippen LogP contribution >= 0.6 is 0 Å². The molecule has 0 N–H and O–H groups in total. The summed E-state index contributed by atoms with van der Waals surface area (Å²) in [5.41, 5.74) is 2.29. The highest BCUT2D eigenvalue weighted by atomic mass is 17.3. The fraction of sp³-hybridized carbons (Fsp3) is 0.750. The van der Waals surface area contributed by atoms with E-state index >= 15 is 0 Å². The third-order valence-corrected chi connectivity index (χ3v) is 16.7. The van der Waals surface area contributed by atoms with Gasteiger partial charge in [-0.15, -0.1) is 0 Å². The average molecular weight is 889 g/mol. The Balaban J connectivity index is 0.000000138. The van der Waals surface area contributed by atoms with Crippen molar-refractivity contribution in [1.29, 1.82) is 0 Å². The van der Waals surface area contributed by atoms with E-state index in [1.807, 2.05) is 24.3 Å². The number of hydrogen-bond acceptors (Lipinski definition) is 12. The normalized spacial score (nSPS) is 41.8. The number of rotatable bonds is 9. The fourth-order valence-corrected chi connectivity index (χ4v) is 14.2. The third-order valence-electron chi connectivity index (χ3n) is 16.7. The van der Waals surface area contributed by atoms with E-state index in [1.54, 1.807) is 14.2 Å². The van der Waals surface area contributed by atoms with Crippen LogP contribution in [0.4, 0.5) is 0 Å². The summed E-state index contributed by atoms with van der Waals surface area (Å²) in [6.45, 7) is 4.27. The molecule has 0 radical (unpaired) electrons. The van der Waals surface area contributed by atoms with Crippen molar-refractivity contribution >= 4 is 5.97 Å². The van der Waals surface area contributed by atoms with Gasteiger partial charge in [0.05, 0.1) is 0 Å². The van der Waals surface area contributed by atoms with Crippen molar-refractivity contribution in [1.82, 2.24) is 0 Å². The molecule has 12 fully saturated rings. The molecule has 2 saturated heterocycles. The van der Waals surface area contributed by atoms with Gasteiger partial charge in [-0.2, -0.15) is 19.6 Å². The number of methoxy groups -OCH3 is 2. The van der Waals surface area contributed by atoms with Gasteiger partial charge in [0.1, 0.15) is 37.1 Å². The number of hydrogen-bond donors (Lipinski definition) is 0. The average Bonchev–Trinajstić information content (AvgIpc) is 3.84. The van der Waals surface area contributed by atoms with E-state index in [0.717, 1.165) is 92.1 Å². The lowest BCUT2D eigenvalue weighted by Gasteiger charge is -2.57. The largest absolute Gasteiger partial charge is 0.490 e. The van der Waals surface area contributed by atoms with Gasteiger partial charge in [0, 0.05) is 70.5 Å². The molecule has 0 aromatic heterocycles. The lowest BCUT2D eigenvalue weighted by molar-refractivity contribution is -0.390. The number of carbonyl (C=O) groups is 1. The van der Waals surface area contributed by atoms with Crippen LogP contribution in [0.15, 0.2) is 48.5 Å². The standard InChI is InChI=1S/C25H32O6.C24H32O4.C3H8O2/c1-16(26)27-15-17-4-6-22(7-5-17)28-23-3-2-8-24(14-23)29-25(31-30-24)20-10-18-9-19(12-20)13-21(25)11-18;1-2-16-5-7-21(8-6-16)25-22-4-3-9-23(15-22)26-24(28-27-23)19-11-17-10-18(13-19)14-20(24)12-17;1-4-3-5-2/h4-7,18-21,23H,2-3,8-15H2,1H3;5-8,17-20,22H,2-4,9-15H2,1H3;3H2,1-2H3. The highest BCUT2D eigenvalue weighted by molar-refractivity contribution is 5.65. The molecule has 12 heteroatoms. The van der Waals surface area contributed by atoms with Crippen molar-refractivity contribution in [3.05, 3.63) is 59.7 Å². The molecule has 4 unspecified atom stereocenters. The fourth-order valence-electron chi connectivity index (χ4n) is 14.2. The number of benzene rings is 2. The first-order chi connectivity index (χ1) is 31.1. The minimum atomic E-state index is -0.673. The summed E-state index contributed by atoms with van der Waals surface area (Å²) in [7, 11) is 3.17. The van der Waals surface area contributed by atoms with Gasteiger partial charge < -0.3 is 33.2 Å². The molecule has 12 aliphatic rings. The quantitative estimate of drug-likeness (QED) is 0.135. The van der Waals surface area contributed by atoms with E-state index < -0.39 is 23.1 Å². The molecule has 2 heterocycles. The molecule has 2 aliphatic heterocycles. The lowest BCUT2D eigenvalue weighted by Crippen LogP contribution is -2.59. The van der Waals surface area contributed by atoms with Crippen LogP contribution in [0, 0.1) is 47.3 Å². The molecule has 4 atom stereocenters. The Morgan fingerprint density at radius 1 is 0.578 bits per heavy atom. The summed E-state index contributed by atoms with van der Waals surface area (Å²) in [6.07, 6.45) is 21.3. The Kier molecular flexibility index (Phi) is 13.1. The first-order valence-electron chi connectivity index (χ1n) is 24.9. The Morgan fingerprint density at radius 3 is 1.34 bits per heavy atom. The molecule has 2 aromatic carbocycles. The second-order valence-electron chi connectivity index (χ2n) is 21.2. The summed E-state index contributed by atoms with van der Waals surface area (Å²) in [6, 6.07) is 16.2. The monoisotopic (exact) mass is 889 g/mol. The third kappa shape index (κ3) is 9.13. The molecular formula is C52H72O12. The number of aryl methyl sites for hydroxylation is 1. The molecule has 4 spiro atoms. The van der Waals surface area contributed by atoms with Crippen LogP contribution in [-0.2, 0) is 61.1 Å². The van der Waals surface area contributed by atoms with Gasteiger partial charge in [0.25, 0.3) is 0 Å². The maximum absolute atomic E-state index is 11.0. The van der Waals surface area contributed by atoms with Gasteiger partial charge in [0.2, 0.25) is 23.1 Å². The Hall–Kier alpha value is -2.81. The van der Waals surface area contributed by atoms with Crippen LogP contribution in [0.1, 0.15) is 141 Å². The molecule has 10 saturated carbocycles. The summed E-state index contributed by atoms with van der Waals surface area (Å²) in [5.74, 6) is 4.73. The van der Waals surface area contributed by atoms with E-state index in [9.17, 15) is 4.79 Å². The first kappa shape index (κ1) is 45.0. The van der Waals surface area contributed by atoms with Crippen molar-refractivity contribution in [2.24, 2.45) is 47.3 Å². The van der Waals surface area contributed by atoms with Crippen LogP contribution in [0.2, 0.25) is 0 Å². The van der Waals surface area contributed by atoms with Crippen LogP contribution in [0.25, 0.3) is 0 Å². The van der Waals surface area contributed by atoms with E-state index in [4.69, 9.17) is 43.2 Å². The van der Waals surface area contributed by atoms with E-state index in [1.165, 1.54) is 76.7 Å². The predicted molar refractivity (Wildman–Crippen MR) is 234 cm³/mol. The first-order valence-corrected chi connectivity index (χ1v) is 24.9. The molecule has 14 rings (SSSR count). The second kappa shape index (κ2) is 18.7. The summed E-state index contributed by atoms with van der Waals surface area (Å²) >= 11 is 0. The maximum Gasteiger partial charge on any atom is 0.302 e. The highest BCUT2D eigenvalue weighted by Gasteiger charge is 2.68. The minimum Gasteiger partial charge on any atom is -0.490 e. The van der Waals surface area contributed by atoms with Crippen LogP contribution in [0.5, 0.6) is 11.5 Å². The smallest absolute Gasteiger partial charge is 0.302 e. The summed E-state index contributed by atoms with van der Waals surface area (Å²) in [5, 5.41) is 0. The van der Waals surface area contributed by atoms with Crippen molar-refractivity contribution in [2.45, 2.75) is 178 Å². The zero-order valence-corrected chi connectivity index (χ0v) is 38.6. The zero-order valence-electron chi connectivity index (χ0n) is 38.6. The lowest BCUT2D eigenvalue weighted by atomic mass is 9.53. The molecule has 12 nitrogen and oxygen atoms in total. The van der Waals surface area contributed by atoms with Gasteiger partial charge in [-0.3, -0.25) is 4.79 Å². The molecule has 0 amide bonds. The van der Waals surface area contributed by atoms with Crippen LogP contribution < -0.4 is 9.47 Å². The van der Waals surface area contributed by atoms with Crippen molar-refractivity contribution in [3.63, 3.8) is 0 Å². The molecule has 64 heavy (non-hydrogen) atoms. The van der Waals surface area contributed by atoms with Gasteiger partial charge in [0.15, 0.2) is 0 Å². The second-order valence-corrected chi connectivity index (χ2v) is 21.2. The zero-order chi connectivity index (χ0) is 43.9. The maximum atomic E-state index is 11.0. The molecule has 2 aromatic rings. The van der Waals surface area contributed by atoms with Gasteiger partial charge in [-0.25, -0.2) is 0 Å².